The predicted octanol–water partition coefficient (Wildman–Crippen LogP) is 3.79. The molecule has 1 aromatic carbocycles. The summed E-state index contributed by atoms with van der Waals surface area (Å²) in [6.07, 6.45) is -2.57. The average molecular weight is 307 g/mol. The van der Waals surface area contributed by atoms with Crippen LogP contribution in [0.25, 0.3) is 0 Å². The van der Waals surface area contributed by atoms with Crippen molar-refractivity contribution in [3.8, 4) is 0 Å². The van der Waals surface area contributed by atoms with E-state index in [-0.39, 0.29) is 12.4 Å². The van der Waals surface area contributed by atoms with Gasteiger partial charge in [-0.1, -0.05) is 33.6 Å². The van der Waals surface area contributed by atoms with Crippen LogP contribution in [0.4, 0.5) is 8.78 Å². The molecular formula is C8H8BrCl2F2N. The quantitative estimate of drug-likeness (QED) is 0.884. The summed E-state index contributed by atoms with van der Waals surface area (Å²) < 4.78 is 24.9. The summed E-state index contributed by atoms with van der Waals surface area (Å²) in [4.78, 5) is 0. The van der Waals surface area contributed by atoms with Crippen molar-refractivity contribution >= 4 is 39.9 Å². The van der Waals surface area contributed by atoms with Gasteiger partial charge in [-0.05, 0) is 17.7 Å². The monoisotopic (exact) mass is 305 g/mol. The first kappa shape index (κ1) is 14.1. The summed E-state index contributed by atoms with van der Waals surface area (Å²) in [6, 6.07) is 3.29. The maximum Gasteiger partial charge on any atom is 0.257 e. The summed E-state index contributed by atoms with van der Waals surface area (Å²) >= 11 is 8.76. The molecule has 0 saturated carbocycles. The second-order valence-electron chi connectivity index (χ2n) is 2.53. The van der Waals surface area contributed by atoms with Gasteiger partial charge in [-0.2, -0.15) is 0 Å². The van der Waals surface area contributed by atoms with Gasteiger partial charge in [0.15, 0.2) is 0 Å². The fraction of sp³-hybridized carbons (Fsp3) is 0.250. The van der Waals surface area contributed by atoms with Gasteiger partial charge in [0.25, 0.3) is 6.43 Å². The Bertz CT molecular complexity index is 309. The molecule has 0 saturated heterocycles. The minimum Gasteiger partial charge on any atom is -0.319 e. The van der Waals surface area contributed by atoms with Crippen molar-refractivity contribution in [2.24, 2.45) is 5.73 Å². The fourth-order valence-corrected chi connectivity index (χ4v) is 1.85. The molecule has 2 N–H and O–H groups in total. The zero-order valence-corrected chi connectivity index (χ0v) is 10.0. The van der Waals surface area contributed by atoms with Gasteiger partial charge >= 0.3 is 0 Å². The highest BCUT2D eigenvalue weighted by Crippen LogP contribution is 2.28. The molecule has 1 aromatic rings. The van der Waals surface area contributed by atoms with Gasteiger partial charge in [-0.15, -0.1) is 12.4 Å². The molecule has 0 aromatic heterocycles. The average Bonchev–Trinajstić information content (AvgIpc) is 2.03. The van der Waals surface area contributed by atoms with Gasteiger partial charge in [0.1, 0.15) is 0 Å². The van der Waals surface area contributed by atoms with Gasteiger partial charge in [0.05, 0.1) is 6.04 Å². The molecule has 1 atom stereocenters. The van der Waals surface area contributed by atoms with Crippen LogP contribution in [0, 0.1) is 0 Å². The lowest BCUT2D eigenvalue weighted by Crippen LogP contribution is -2.19. The predicted molar refractivity (Wildman–Crippen MR) is 59.3 cm³/mol. The third-order valence-corrected chi connectivity index (χ3v) is 2.51. The summed E-state index contributed by atoms with van der Waals surface area (Å²) in [6.45, 7) is 0. The van der Waals surface area contributed by atoms with Gasteiger partial charge in [0, 0.05) is 9.50 Å². The summed E-state index contributed by atoms with van der Waals surface area (Å²) in [5.41, 5.74) is 5.63. The van der Waals surface area contributed by atoms with E-state index in [0.29, 0.717) is 15.1 Å². The van der Waals surface area contributed by atoms with Crippen molar-refractivity contribution in [2.45, 2.75) is 12.5 Å². The Hall–Kier alpha value is 0.1000. The Balaban J connectivity index is 0.00000169. The molecule has 1 rings (SSSR count). The lowest BCUT2D eigenvalue weighted by atomic mass is 10.1. The number of halogens is 5. The van der Waals surface area contributed by atoms with Gasteiger partial charge < -0.3 is 5.73 Å². The molecule has 0 spiro atoms. The van der Waals surface area contributed by atoms with E-state index < -0.39 is 12.5 Å². The summed E-state index contributed by atoms with van der Waals surface area (Å²) in [5, 5.41) is 0.483. The van der Waals surface area contributed by atoms with Crippen molar-refractivity contribution in [2.75, 3.05) is 0 Å². The van der Waals surface area contributed by atoms with E-state index in [1.165, 1.54) is 12.1 Å². The maximum absolute atomic E-state index is 12.2. The molecule has 0 amide bonds. The van der Waals surface area contributed by atoms with Gasteiger partial charge in [0.2, 0.25) is 0 Å². The van der Waals surface area contributed by atoms with Crippen LogP contribution in [-0.4, -0.2) is 6.43 Å². The van der Waals surface area contributed by atoms with Crippen LogP contribution in [0.5, 0.6) is 0 Å². The van der Waals surface area contributed by atoms with Crippen molar-refractivity contribution in [1.82, 2.24) is 0 Å². The van der Waals surface area contributed by atoms with Crippen LogP contribution in [-0.2, 0) is 0 Å². The highest BCUT2D eigenvalue weighted by atomic mass is 79.9. The first-order valence-electron chi connectivity index (χ1n) is 3.51. The molecule has 0 aliphatic heterocycles. The Morgan fingerprint density at radius 1 is 1.36 bits per heavy atom. The number of rotatable bonds is 2. The van der Waals surface area contributed by atoms with Crippen LogP contribution in [0.1, 0.15) is 11.6 Å². The first-order chi connectivity index (χ1) is 6.02. The Kier molecular flexibility index (Phi) is 5.90. The molecule has 0 unspecified atom stereocenters. The van der Waals surface area contributed by atoms with E-state index in [0.717, 1.165) is 0 Å². The zero-order valence-electron chi connectivity index (χ0n) is 6.88. The van der Waals surface area contributed by atoms with Gasteiger partial charge in [-0.25, -0.2) is 8.78 Å². The molecule has 14 heavy (non-hydrogen) atoms. The molecule has 0 radical (unpaired) electrons. The summed E-state index contributed by atoms with van der Waals surface area (Å²) in [5.74, 6) is 0. The number of nitrogens with two attached hydrogens (primary N) is 1. The smallest absolute Gasteiger partial charge is 0.257 e. The Morgan fingerprint density at radius 3 is 2.36 bits per heavy atom. The van der Waals surface area contributed by atoms with Crippen LogP contribution in [0.2, 0.25) is 5.02 Å². The van der Waals surface area contributed by atoms with E-state index in [4.69, 9.17) is 17.3 Å². The van der Waals surface area contributed by atoms with Crippen LogP contribution in [0.15, 0.2) is 22.7 Å². The molecular weight excluding hydrogens is 299 g/mol. The second kappa shape index (κ2) is 5.85. The molecule has 6 heteroatoms. The summed E-state index contributed by atoms with van der Waals surface area (Å²) in [7, 11) is 0. The topological polar surface area (TPSA) is 26.0 Å². The fourth-order valence-electron chi connectivity index (χ4n) is 0.908. The molecule has 1 nitrogen and oxygen atoms in total. The van der Waals surface area contributed by atoms with Crippen molar-refractivity contribution in [3.05, 3.63) is 33.3 Å². The van der Waals surface area contributed by atoms with E-state index in [1.807, 2.05) is 0 Å². The molecule has 0 heterocycles. The minimum absolute atomic E-state index is 0. The number of hydrogen-bond donors (Lipinski definition) is 1. The third-order valence-electron chi connectivity index (χ3n) is 1.59. The SMILES string of the molecule is Cl.N[C@H](c1ccc(Cl)cc1Br)C(F)F. The van der Waals surface area contributed by atoms with Crippen LogP contribution < -0.4 is 5.73 Å². The third kappa shape index (κ3) is 3.35. The lowest BCUT2D eigenvalue weighted by molar-refractivity contribution is 0.116. The van der Waals surface area contributed by atoms with Crippen molar-refractivity contribution < 1.29 is 8.78 Å². The van der Waals surface area contributed by atoms with Crippen molar-refractivity contribution in [1.29, 1.82) is 0 Å². The molecule has 80 valence electrons. The highest BCUT2D eigenvalue weighted by Gasteiger charge is 2.19. The molecule has 0 aliphatic rings. The van der Waals surface area contributed by atoms with E-state index in [2.05, 4.69) is 15.9 Å². The van der Waals surface area contributed by atoms with E-state index >= 15 is 0 Å². The first-order valence-corrected chi connectivity index (χ1v) is 4.68. The second-order valence-corrected chi connectivity index (χ2v) is 3.82. The molecule has 0 aliphatic carbocycles. The Morgan fingerprint density at radius 2 is 1.93 bits per heavy atom. The van der Waals surface area contributed by atoms with Gasteiger partial charge in [-0.3, -0.25) is 0 Å². The largest absolute Gasteiger partial charge is 0.319 e. The van der Waals surface area contributed by atoms with Crippen LogP contribution >= 0.6 is 39.9 Å². The zero-order chi connectivity index (χ0) is 10.0. The highest BCUT2D eigenvalue weighted by molar-refractivity contribution is 9.10. The maximum atomic E-state index is 12.2. The van der Waals surface area contributed by atoms with E-state index in [9.17, 15) is 8.78 Å². The number of alkyl halides is 2. The number of benzene rings is 1. The molecule has 0 bridgehead atoms. The van der Waals surface area contributed by atoms with Crippen LogP contribution in [0.3, 0.4) is 0 Å². The Labute approximate surface area is 100 Å². The number of hydrogen-bond acceptors (Lipinski definition) is 1. The standard InChI is InChI=1S/C8H7BrClF2N.ClH/c9-6-3-4(10)1-2-5(6)7(13)8(11)12;/h1-3,7-8H,13H2;1H/t7-;/m1./s1. The normalized spacial score (nSPS) is 12.4. The minimum atomic E-state index is -2.57. The van der Waals surface area contributed by atoms with Crippen molar-refractivity contribution in [3.63, 3.8) is 0 Å². The lowest BCUT2D eigenvalue weighted by Gasteiger charge is -2.12. The molecule has 0 fully saturated rings. The van der Waals surface area contributed by atoms with E-state index in [1.54, 1.807) is 6.07 Å².